The fourth-order valence-corrected chi connectivity index (χ4v) is 5.70. The third-order valence-electron chi connectivity index (χ3n) is 7.05. The van der Waals surface area contributed by atoms with Gasteiger partial charge in [0, 0.05) is 74.8 Å². The number of aliphatic hydroxyl groups is 1. The third-order valence-corrected chi connectivity index (χ3v) is 7.78. The number of benzene rings is 2. The van der Waals surface area contributed by atoms with E-state index in [2.05, 4.69) is 10.4 Å². The molecular weight excluding hydrogens is 544 g/mol. The van der Waals surface area contributed by atoms with Crippen LogP contribution >= 0.6 is 0 Å². The Kier molecular flexibility index (Phi) is 7.45. The summed E-state index contributed by atoms with van der Waals surface area (Å²) in [6.07, 6.45) is 4.98. The van der Waals surface area contributed by atoms with E-state index in [1.807, 2.05) is 55.4 Å². The van der Waals surface area contributed by atoms with Crippen LogP contribution in [0.1, 0.15) is 21.5 Å². The van der Waals surface area contributed by atoms with Gasteiger partial charge >= 0.3 is 0 Å². The monoisotopic (exact) mass is 576 g/mol. The van der Waals surface area contributed by atoms with Crippen molar-refractivity contribution in [2.45, 2.75) is 18.9 Å². The zero-order chi connectivity index (χ0) is 29.5. The van der Waals surface area contributed by atoms with Crippen molar-refractivity contribution in [2.75, 3.05) is 42.0 Å². The van der Waals surface area contributed by atoms with Gasteiger partial charge in [-0.25, -0.2) is 8.42 Å². The zero-order valence-corrected chi connectivity index (χ0v) is 24.1. The summed E-state index contributed by atoms with van der Waals surface area (Å²) < 4.78 is 25.9. The van der Waals surface area contributed by atoms with E-state index in [-0.39, 0.29) is 29.6 Å². The molecule has 12 heteroatoms. The first-order valence-electron chi connectivity index (χ1n) is 13.0. The van der Waals surface area contributed by atoms with Crippen molar-refractivity contribution >= 4 is 38.6 Å². The van der Waals surface area contributed by atoms with Crippen LogP contribution in [0.25, 0.3) is 11.1 Å². The Balaban J connectivity index is 1.50. The first-order chi connectivity index (χ1) is 19.4. The van der Waals surface area contributed by atoms with E-state index in [0.717, 1.165) is 17.5 Å². The average molecular weight is 577 g/mol. The van der Waals surface area contributed by atoms with Crippen molar-refractivity contribution in [2.24, 2.45) is 7.05 Å². The summed E-state index contributed by atoms with van der Waals surface area (Å²) in [7, 11) is 2.26. The molecule has 0 unspecified atom stereocenters. The molecule has 1 amide bonds. The summed E-state index contributed by atoms with van der Waals surface area (Å²) in [5.74, 6) is -0.0967. The number of rotatable bonds is 8. The van der Waals surface area contributed by atoms with Gasteiger partial charge < -0.3 is 24.8 Å². The van der Waals surface area contributed by atoms with Gasteiger partial charge in [0.1, 0.15) is 11.6 Å². The molecule has 5 rings (SSSR count). The maximum Gasteiger partial charge on any atom is 0.274 e. The normalized spacial score (nSPS) is 13.3. The van der Waals surface area contributed by atoms with E-state index in [0.29, 0.717) is 46.7 Å². The molecule has 0 fully saturated rings. The number of fused-ring (bicyclic) bond motifs is 1. The minimum absolute atomic E-state index is 0.129. The molecule has 0 bridgehead atoms. The largest absolute Gasteiger partial charge is 0.392 e. The highest BCUT2D eigenvalue weighted by Gasteiger charge is 2.28. The topological polar surface area (TPSA) is 130 Å². The predicted molar refractivity (Wildman–Crippen MR) is 160 cm³/mol. The number of carbonyl (C=O) groups is 1. The van der Waals surface area contributed by atoms with Gasteiger partial charge in [0.15, 0.2) is 15.7 Å². The molecule has 0 aliphatic carbocycles. The van der Waals surface area contributed by atoms with Crippen LogP contribution < -0.4 is 20.7 Å². The highest BCUT2D eigenvalue weighted by Crippen LogP contribution is 2.35. The van der Waals surface area contributed by atoms with Crippen LogP contribution in [0.15, 0.2) is 65.7 Å². The average Bonchev–Trinajstić information content (AvgIpc) is 3.35. The molecule has 1 aliphatic rings. The van der Waals surface area contributed by atoms with Crippen LogP contribution in [-0.2, 0) is 35.8 Å². The number of anilines is 4. The van der Waals surface area contributed by atoms with Crippen LogP contribution in [0, 0.1) is 0 Å². The third kappa shape index (κ3) is 5.74. The second kappa shape index (κ2) is 10.9. The van der Waals surface area contributed by atoms with Crippen molar-refractivity contribution in [1.82, 2.24) is 14.3 Å². The first-order valence-corrected chi connectivity index (χ1v) is 15.1. The van der Waals surface area contributed by atoms with E-state index < -0.39 is 9.84 Å². The lowest BCUT2D eigenvalue weighted by atomic mass is 9.94. The second-order valence-corrected chi connectivity index (χ2v) is 12.5. The highest BCUT2D eigenvalue weighted by molar-refractivity contribution is 7.89. The smallest absolute Gasteiger partial charge is 0.274 e. The Morgan fingerprint density at radius 2 is 1.85 bits per heavy atom. The number of nitrogens with zero attached hydrogens (tertiary/aromatic N) is 5. The summed E-state index contributed by atoms with van der Waals surface area (Å²) in [5, 5.41) is 17.7. The molecule has 0 atom stereocenters. The molecule has 2 N–H and O–H groups in total. The predicted octanol–water partition coefficient (Wildman–Crippen LogP) is 2.76. The van der Waals surface area contributed by atoms with E-state index in [1.54, 1.807) is 30.3 Å². The van der Waals surface area contributed by atoms with E-state index in [4.69, 9.17) is 0 Å². The Hall–Kier alpha value is -4.42. The van der Waals surface area contributed by atoms with Gasteiger partial charge in [-0.3, -0.25) is 14.3 Å². The summed E-state index contributed by atoms with van der Waals surface area (Å²) >= 11 is 0. The van der Waals surface area contributed by atoms with Crippen molar-refractivity contribution in [3.8, 4) is 11.1 Å². The molecule has 0 saturated heterocycles. The minimum atomic E-state index is -3.29. The number of carbonyl (C=O) groups excluding carboxylic acids is 1. The SMILES string of the molecule is CN(C)c1ccc2c(c1)CCN(c1cccc(-c3cc(Nc4ccn(CS(C)(=O)=O)n4)c(=O)n(C)c3)c1CO)C2=O. The molecule has 11 nitrogen and oxygen atoms in total. The van der Waals surface area contributed by atoms with Crippen LogP contribution in [0.2, 0.25) is 0 Å². The molecule has 0 saturated carbocycles. The molecule has 3 heterocycles. The first kappa shape index (κ1) is 28.1. The van der Waals surface area contributed by atoms with E-state index >= 15 is 0 Å². The Morgan fingerprint density at radius 1 is 1.07 bits per heavy atom. The number of aromatic nitrogens is 3. The maximum absolute atomic E-state index is 13.6. The van der Waals surface area contributed by atoms with Gasteiger partial charge in [0.2, 0.25) is 0 Å². The number of aliphatic hydroxyl groups excluding tert-OH is 1. The van der Waals surface area contributed by atoms with Crippen LogP contribution in [0.3, 0.4) is 0 Å². The zero-order valence-electron chi connectivity index (χ0n) is 23.3. The van der Waals surface area contributed by atoms with Crippen molar-refractivity contribution in [3.05, 3.63) is 88.0 Å². The van der Waals surface area contributed by atoms with E-state index in [9.17, 15) is 23.1 Å². The number of nitrogens with one attached hydrogen (secondary N) is 1. The number of amides is 1. The van der Waals surface area contributed by atoms with E-state index in [1.165, 1.54) is 15.4 Å². The quantitative estimate of drug-likeness (QED) is 0.328. The van der Waals surface area contributed by atoms with Crippen molar-refractivity contribution in [3.63, 3.8) is 0 Å². The molecule has 0 radical (unpaired) electrons. The van der Waals surface area contributed by atoms with Crippen LogP contribution in [0.5, 0.6) is 0 Å². The van der Waals surface area contributed by atoms with Gasteiger partial charge in [-0.1, -0.05) is 12.1 Å². The molecule has 1 aliphatic heterocycles. The fourth-order valence-electron chi connectivity index (χ4n) is 5.07. The van der Waals surface area contributed by atoms with Gasteiger partial charge in [0.25, 0.3) is 11.5 Å². The molecular formula is C29H32N6O5S. The van der Waals surface area contributed by atoms with Crippen molar-refractivity contribution < 1.29 is 18.3 Å². The highest BCUT2D eigenvalue weighted by atomic mass is 32.2. The second-order valence-electron chi connectivity index (χ2n) is 10.4. The number of sulfone groups is 1. The van der Waals surface area contributed by atoms with Crippen molar-refractivity contribution in [1.29, 1.82) is 0 Å². The van der Waals surface area contributed by atoms with Crippen LogP contribution in [0.4, 0.5) is 22.9 Å². The van der Waals surface area contributed by atoms with Gasteiger partial charge in [-0.15, -0.1) is 0 Å². The molecule has 0 spiro atoms. The van der Waals surface area contributed by atoms with Gasteiger partial charge in [-0.2, -0.15) is 5.10 Å². The summed E-state index contributed by atoms with van der Waals surface area (Å²) in [5.41, 5.74) is 5.08. The standard InChI is InChI=1S/C29H32N6O5S/c1-32(2)21-8-9-23-19(14-21)10-13-35(28(23)37)26-7-5-6-22(24(26)17-36)20-15-25(29(38)33(3)16-20)30-27-11-12-34(31-27)18-41(4,39)40/h5-9,11-12,14-16,36H,10,13,17-18H2,1-4H3,(H,30,31). The maximum atomic E-state index is 13.6. The molecule has 2 aromatic carbocycles. The molecule has 4 aromatic rings. The Bertz CT molecular complexity index is 1810. The fraction of sp³-hybridized carbons (Fsp3) is 0.276. The molecule has 41 heavy (non-hydrogen) atoms. The lowest BCUT2D eigenvalue weighted by molar-refractivity contribution is 0.0980. The summed E-state index contributed by atoms with van der Waals surface area (Å²) in [6, 6.07) is 14.5. The number of hydrogen-bond acceptors (Lipinski definition) is 8. The lowest BCUT2D eigenvalue weighted by Crippen LogP contribution is -2.38. The Labute approximate surface area is 238 Å². The lowest BCUT2D eigenvalue weighted by Gasteiger charge is -2.31. The number of hydrogen-bond donors (Lipinski definition) is 2. The Morgan fingerprint density at radius 3 is 2.56 bits per heavy atom. The van der Waals surface area contributed by atoms with Gasteiger partial charge in [-0.05, 0) is 47.9 Å². The number of aryl methyl sites for hydroxylation is 1. The summed E-state index contributed by atoms with van der Waals surface area (Å²) in [4.78, 5) is 30.2. The summed E-state index contributed by atoms with van der Waals surface area (Å²) in [6.45, 7) is 0.151. The molecule has 214 valence electrons. The molecule has 2 aromatic heterocycles. The number of pyridine rings is 1. The van der Waals surface area contributed by atoms with Crippen LogP contribution in [-0.4, -0.2) is 60.7 Å². The van der Waals surface area contributed by atoms with Gasteiger partial charge in [0.05, 0.1) is 12.3 Å². The minimum Gasteiger partial charge on any atom is -0.392 e.